The van der Waals surface area contributed by atoms with Crippen LogP contribution < -0.4 is 5.32 Å². The molecule has 1 aliphatic heterocycles. The van der Waals surface area contributed by atoms with Crippen molar-refractivity contribution in [1.82, 2.24) is 5.32 Å². The van der Waals surface area contributed by atoms with Crippen LogP contribution >= 0.6 is 15.9 Å². The lowest BCUT2D eigenvalue weighted by molar-refractivity contribution is 0.628. The van der Waals surface area contributed by atoms with E-state index in [4.69, 9.17) is 0 Å². The quantitative estimate of drug-likeness (QED) is 0.598. The number of halogens is 1. The van der Waals surface area contributed by atoms with E-state index in [2.05, 4.69) is 28.2 Å². The fourth-order valence-electron chi connectivity index (χ4n) is 1.14. The highest BCUT2D eigenvalue weighted by molar-refractivity contribution is 9.09. The summed E-state index contributed by atoms with van der Waals surface area (Å²) in [5.74, 6) is 0.887. The Balaban J connectivity index is 2.22. The molecule has 0 spiro atoms. The zero-order valence-corrected chi connectivity index (χ0v) is 6.74. The maximum Gasteiger partial charge on any atom is 0.0186 e. The lowest BCUT2D eigenvalue weighted by Gasteiger charge is -2.01. The van der Waals surface area contributed by atoms with E-state index < -0.39 is 0 Å². The summed E-state index contributed by atoms with van der Waals surface area (Å²) in [5, 5.41) is 4.52. The second-order valence-corrected chi connectivity index (χ2v) is 3.25. The molecule has 1 fully saturated rings. The number of alkyl halides is 1. The molecular formula is C6H12BrN. The van der Waals surface area contributed by atoms with Gasteiger partial charge in [0.15, 0.2) is 0 Å². The smallest absolute Gasteiger partial charge is 0.0186 e. The highest BCUT2D eigenvalue weighted by atomic mass is 79.9. The van der Waals surface area contributed by atoms with E-state index >= 15 is 0 Å². The fourth-order valence-corrected chi connectivity index (χ4v) is 1.63. The third-order valence-corrected chi connectivity index (χ3v) is 2.41. The molecule has 0 aliphatic carbocycles. The van der Waals surface area contributed by atoms with Crippen LogP contribution in [-0.4, -0.2) is 17.9 Å². The second-order valence-electron chi connectivity index (χ2n) is 2.60. The normalized spacial score (nSPS) is 38.2. The summed E-state index contributed by atoms with van der Waals surface area (Å²) in [6, 6.07) is 0.741. The van der Waals surface area contributed by atoms with Crippen molar-refractivity contribution in [2.75, 3.05) is 11.9 Å². The van der Waals surface area contributed by atoms with Crippen LogP contribution in [0.25, 0.3) is 0 Å². The van der Waals surface area contributed by atoms with Gasteiger partial charge in [-0.25, -0.2) is 0 Å². The molecule has 1 rings (SSSR count). The monoisotopic (exact) mass is 177 g/mol. The molecule has 48 valence electrons. The van der Waals surface area contributed by atoms with E-state index in [9.17, 15) is 0 Å². The first-order valence-corrected chi connectivity index (χ1v) is 4.24. The Bertz CT molecular complexity index is 74.9. The molecule has 2 heteroatoms. The Labute approximate surface area is 59.0 Å². The number of hydrogen-bond donors (Lipinski definition) is 1. The lowest BCUT2D eigenvalue weighted by atomic mass is 10.1. The van der Waals surface area contributed by atoms with Gasteiger partial charge >= 0.3 is 0 Å². The first kappa shape index (κ1) is 6.56. The Kier molecular flexibility index (Phi) is 2.32. The van der Waals surface area contributed by atoms with Gasteiger partial charge < -0.3 is 5.32 Å². The van der Waals surface area contributed by atoms with Gasteiger partial charge in [-0.2, -0.15) is 0 Å². The lowest BCUT2D eigenvalue weighted by Crippen LogP contribution is -2.22. The number of rotatable bonds is 1. The van der Waals surface area contributed by atoms with Gasteiger partial charge in [-0.05, 0) is 18.9 Å². The molecule has 0 amide bonds. The Morgan fingerprint density at radius 3 is 2.75 bits per heavy atom. The summed E-state index contributed by atoms with van der Waals surface area (Å²) in [6.45, 7) is 3.49. The van der Waals surface area contributed by atoms with Crippen LogP contribution in [0.1, 0.15) is 13.3 Å². The van der Waals surface area contributed by atoms with E-state index in [-0.39, 0.29) is 0 Å². The molecule has 0 saturated carbocycles. The van der Waals surface area contributed by atoms with Gasteiger partial charge in [0.25, 0.3) is 0 Å². The minimum atomic E-state index is 0.741. The number of nitrogens with one attached hydrogen (secondary N) is 1. The van der Waals surface area contributed by atoms with Crippen molar-refractivity contribution in [3.63, 3.8) is 0 Å². The zero-order chi connectivity index (χ0) is 5.98. The fraction of sp³-hybridized carbons (Fsp3) is 1.00. The Hall–Kier alpha value is 0.440. The molecule has 0 aromatic heterocycles. The summed E-state index contributed by atoms with van der Waals surface area (Å²) < 4.78 is 0. The summed E-state index contributed by atoms with van der Waals surface area (Å²) in [5.41, 5.74) is 0. The van der Waals surface area contributed by atoms with Gasteiger partial charge in [0.05, 0.1) is 0 Å². The van der Waals surface area contributed by atoms with E-state index in [1.165, 1.54) is 13.0 Å². The summed E-state index contributed by atoms with van der Waals surface area (Å²) >= 11 is 3.44. The topological polar surface area (TPSA) is 12.0 Å². The first-order chi connectivity index (χ1) is 3.83. The maximum atomic E-state index is 3.44. The third-order valence-electron chi connectivity index (χ3n) is 1.63. The minimum absolute atomic E-state index is 0.741. The molecule has 1 N–H and O–H groups in total. The molecule has 0 aromatic carbocycles. The molecule has 8 heavy (non-hydrogen) atoms. The van der Waals surface area contributed by atoms with Crippen LogP contribution in [0.15, 0.2) is 0 Å². The van der Waals surface area contributed by atoms with Crippen molar-refractivity contribution < 1.29 is 0 Å². The van der Waals surface area contributed by atoms with Gasteiger partial charge in [0.2, 0.25) is 0 Å². The maximum absolute atomic E-state index is 3.44. The van der Waals surface area contributed by atoms with Crippen LogP contribution in [0.4, 0.5) is 0 Å². The highest BCUT2D eigenvalue weighted by Crippen LogP contribution is 2.13. The van der Waals surface area contributed by atoms with E-state index in [1.807, 2.05) is 0 Å². The Morgan fingerprint density at radius 1 is 1.75 bits per heavy atom. The molecule has 1 heterocycles. The van der Waals surface area contributed by atoms with Crippen molar-refractivity contribution in [2.24, 2.45) is 5.92 Å². The van der Waals surface area contributed by atoms with Crippen LogP contribution in [-0.2, 0) is 0 Å². The van der Waals surface area contributed by atoms with Crippen molar-refractivity contribution in [1.29, 1.82) is 0 Å². The molecular weight excluding hydrogens is 166 g/mol. The molecule has 0 aromatic rings. The summed E-state index contributed by atoms with van der Waals surface area (Å²) in [7, 11) is 0. The average Bonchev–Trinajstić information content (AvgIpc) is 2.14. The van der Waals surface area contributed by atoms with E-state index in [0.717, 1.165) is 17.3 Å². The second kappa shape index (κ2) is 2.83. The first-order valence-electron chi connectivity index (χ1n) is 3.12. The molecule has 1 nitrogen and oxygen atoms in total. The predicted molar refractivity (Wildman–Crippen MR) is 39.4 cm³/mol. The molecule has 2 atom stereocenters. The van der Waals surface area contributed by atoms with Gasteiger partial charge in [0, 0.05) is 11.4 Å². The third kappa shape index (κ3) is 1.46. The van der Waals surface area contributed by atoms with E-state index in [0.29, 0.717) is 0 Å². The van der Waals surface area contributed by atoms with Crippen molar-refractivity contribution >= 4 is 15.9 Å². The molecule has 0 bridgehead atoms. The van der Waals surface area contributed by atoms with Gasteiger partial charge in [-0.15, -0.1) is 0 Å². The summed E-state index contributed by atoms with van der Waals surface area (Å²) in [6.07, 6.45) is 1.34. The molecule has 1 saturated heterocycles. The minimum Gasteiger partial charge on any atom is -0.313 e. The van der Waals surface area contributed by atoms with E-state index in [1.54, 1.807) is 0 Å². The van der Waals surface area contributed by atoms with Crippen LogP contribution in [0.2, 0.25) is 0 Å². The average molecular weight is 178 g/mol. The standard InChI is InChI=1S/C6H12BrN/c1-5-2-6(3-7)8-4-5/h5-6,8H,2-4H2,1H3/t5-,6-/m1/s1. The predicted octanol–water partition coefficient (Wildman–Crippen LogP) is 1.38. The van der Waals surface area contributed by atoms with Gasteiger partial charge in [0.1, 0.15) is 0 Å². The van der Waals surface area contributed by atoms with Gasteiger partial charge in [-0.1, -0.05) is 22.9 Å². The molecule has 0 radical (unpaired) electrons. The number of hydrogen-bond acceptors (Lipinski definition) is 1. The highest BCUT2D eigenvalue weighted by Gasteiger charge is 2.18. The summed E-state index contributed by atoms with van der Waals surface area (Å²) in [4.78, 5) is 0. The van der Waals surface area contributed by atoms with Crippen molar-refractivity contribution in [3.8, 4) is 0 Å². The Morgan fingerprint density at radius 2 is 2.50 bits per heavy atom. The SMILES string of the molecule is C[C@H]1CN[C@@H](CBr)C1. The molecule has 1 aliphatic rings. The van der Waals surface area contributed by atoms with Crippen LogP contribution in [0.5, 0.6) is 0 Å². The zero-order valence-electron chi connectivity index (χ0n) is 5.15. The van der Waals surface area contributed by atoms with Crippen molar-refractivity contribution in [3.05, 3.63) is 0 Å². The molecule has 0 unspecified atom stereocenters. The van der Waals surface area contributed by atoms with Crippen LogP contribution in [0.3, 0.4) is 0 Å². The van der Waals surface area contributed by atoms with Gasteiger partial charge in [-0.3, -0.25) is 0 Å². The van der Waals surface area contributed by atoms with Crippen molar-refractivity contribution in [2.45, 2.75) is 19.4 Å². The largest absolute Gasteiger partial charge is 0.313 e. The van der Waals surface area contributed by atoms with Crippen LogP contribution in [0, 0.1) is 5.92 Å².